The summed E-state index contributed by atoms with van der Waals surface area (Å²) in [5, 5.41) is 27.7. The van der Waals surface area contributed by atoms with Gasteiger partial charge in [-0.3, -0.25) is 9.59 Å². The fourth-order valence-electron chi connectivity index (χ4n) is 2.91. The molecule has 36 heavy (non-hydrogen) atoms. The highest BCUT2D eigenvalue weighted by molar-refractivity contribution is 9.10. The van der Waals surface area contributed by atoms with Gasteiger partial charge in [0.2, 0.25) is 11.8 Å². The summed E-state index contributed by atoms with van der Waals surface area (Å²) in [4.78, 5) is 23.9. The lowest BCUT2D eigenvalue weighted by Gasteiger charge is -2.08. The van der Waals surface area contributed by atoms with E-state index in [0.29, 0.717) is 57.6 Å². The Morgan fingerprint density at radius 1 is 0.806 bits per heavy atom. The van der Waals surface area contributed by atoms with Crippen LogP contribution in [0, 0.1) is 0 Å². The minimum Gasteiger partial charge on any atom is -0.503 e. The molecule has 0 spiro atoms. The number of phenolic OH excluding ortho intramolecular Hbond substituents is 2. The molecule has 0 unspecified atom stereocenters. The van der Waals surface area contributed by atoms with Gasteiger partial charge in [0.1, 0.15) is 0 Å². The molecule has 0 heterocycles. The standard InChI is InChI=1S/C24H28Br2N4O6/c1-3-35-19-11-15(9-17(25)23(19)33)13-27-29-21(31)7-5-6-8-22(32)30-28-14-16-10-18(26)24(34)20(12-16)36-4-2/h9-14,33-34H,3-8H2,1-2H3,(H,29,31)(H,30,32). The third-order valence-electron chi connectivity index (χ3n) is 4.56. The largest absolute Gasteiger partial charge is 0.503 e. The number of rotatable bonds is 13. The number of halogens is 2. The zero-order valence-corrected chi connectivity index (χ0v) is 23.1. The van der Waals surface area contributed by atoms with E-state index in [1.54, 1.807) is 38.1 Å². The summed E-state index contributed by atoms with van der Waals surface area (Å²) < 4.78 is 11.6. The van der Waals surface area contributed by atoms with Crippen LogP contribution in [0.15, 0.2) is 43.4 Å². The van der Waals surface area contributed by atoms with Crippen molar-refractivity contribution >= 4 is 56.1 Å². The molecule has 0 radical (unpaired) electrons. The Hall–Kier alpha value is -3.12. The molecule has 0 aliphatic heterocycles. The predicted molar refractivity (Wildman–Crippen MR) is 144 cm³/mol. The molecule has 0 saturated heterocycles. The average Bonchev–Trinajstić information content (AvgIpc) is 2.83. The predicted octanol–water partition coefficient (Wildman–Crippen LogP) is 4.58. The lowest BCUT2D eigenvalue weighted by atomic mass is 10.2. The number of nitrogens with one attached hydrogen (secondary N) is 2. The van der Waals surface area contributed by atoms with Crippen LogP contribution in [-0.4, -0.2) is 47.7 Å². The lowest BCUT2D eigenvalue weighted by Crippen LogP contribution is -2.19. The van der Waals surface area contributed by atoms with E-state index in [0.717, 1.165) is 0 Å². The van der Waals surface area contributed by atoms with Crippen LogP contribution >= 0.6 is 31.9 Å². The molecule has 0 bridgehead atoms. The van der Waals surface area contributed by atoms with Crippen LogP contribution in [0.4, 0.5) is 0 Å². The third-order valence-corrected chi connectivity index (χ3v) is 5.77. The maximum Gasteiger partial charge on any atom is 0.240 e. The molecule has 0 aromatic heterocycles. The molecule has 0 fully saturated rings. The van der Waals surface area contributed by atoms with Crippen LogP contribution in [0.5, 0.6) is 23.0 Å². The van der Waals surface area contributed by atoms with Crippen molar-refractivity contribution in [2.75, 3.05) is 13.2 Å². The summed E-state index contributed by atoms with van der Waals surface area (Å²) in [5.74, 6) is 0.0573. The molecule has 0 aliphatic carbocycles. The van der Waals surface area contributed by atoms with Crippen LogP contribution < -0.4 is 20.3 Å². The number of nitrogens with zero attached hydrogens (tertiary/aromatic N) is 2. The Labute approximate surface area is 226 Å². The van der Waals surface area contributed by atoms with E-state index in [2.05, 4.69) is 52.9 Å². The molecule has 2 amide bonds. The number of aromatic hydroxyl groups is 2. The number of hydrazone groups is 2. The van der Waals surface area contributed by atoms with Crippen molar-refractivity contribution in [3.05, 3.63) is 44.3 Å². The normalized spacial score (nSPS) is 11.1. The van der Waals surface area contributed by atoms with Gasteiger partial charge in [-0.05, 0) is 93.9 Å². The van der Waals surface area contributed by atoms with Gasteiger partial charge >= 0.3 is 0 Å². The molecular formula is C24H28Br2N4O6. The van der Waals surface area contributed by atoms with Gasteiger partial charge < -0.3 is 19.7 Å². The van der Waals surface area contributed by atoms with Crippen LogP contribution in [0.25, 0.3) is 0 Å². The summed E-state index contributed by atoms with van der Waals surface area (Å²) >= 11 is 6.49. The number of benzene rings is 2. The van der Waals surface area contributed by atoms with Gasteiger partial charge in [-0.15, -0.1) is 0 Å². The molecule has 4 N–H and O–H groups in total. The van der Waals surface area contributed by atoms with Crippen LogP contribution in [0.3, 0.4) is 0 Å². The fraction of sp³-hybridized carbons (Fsp3) is 0.333. The van der Waals surface area contributed by atoms with Crippen LogP contribution in [0.2, 0.25) is 0 Å². The molecule has 0 saturated carbocycles. The monoisotopic (exact) mass is 626 g/mol. The highest BCUT2D eigenvalue weighted by Crippen LogP contribution is 2.35. The van der Waals surface area contributed by atoms with Gasteiger partial charge in [0, 0.05) is 12.8 Å². The van der Waals surface area contributed by atoms with Crippen LogP contribution in [-0.2, 0) is 9.59 Å². The molecule has 194 valence electrons. The van der Waals surface area contributed by atoms with Gasteiger partial charge in [-0.2, -0.15) is 10.2 Å². The van der Waals surface area contributed by atoms with Gasteiger partial charge in [-0.1, -0.05) is 0 Å². The second-order valence-electron chi connectivity index (χ2n) is 7.36. The van der Waals surface area contributed by atoms with E-state index in [9.17, 15) is 19.8 Å². The molecular weight excluding hydrogens is 600 g/mol. The Kier molecular flexibility index (Phi) is 12.2. The highest BCUT2D eigenvalue weighted by Gasteiger charge is 2.10. The van der Waals surface area contributed by atoms with E-state index in [4.69, 9.17) is 9.47 Å². The van der Waals surface area contributed by atoms with Gasteiger partial charge in [0.05, 0.1) is 34.6 Å². The van der Waals surface area contributed by atoms with E-state index in [1.165, 1.54) is 12.4 Å². The van der Waals surface area contributed by atoms with E-state index in [1.807, 2.05) is 0 Å². The first-order valence-corrected chi connectivity index (χ1v) is 12.8. The molecule has 12 heteroatoms. The molecule has 0 atom stereocenters. The van der Waals surface area contributed by atoms with Crippen molar-refractivity contribution in [3.8, 4) is 23.0 Å². The Balaban J connectivity index is 1.71. The average molecular weight is 628 g/mol. The number of carbonyl (C=O) groups excluding carboxylic acids is 2. The zero-order valence-electron chi connectivity index (χ0n) is 19.9. The van der Waals surface area contributed by atoms with Crippen molar-refractivity contribution in [1.82, 2.24) is 10.9 Å². The quantitative estimate of drug-likeness (QED) is 0.145. The number of unbranched alkanes of at least 4 members (excludes halogenated alkanes) is 1. The Morgan fingerprint density at radius 2 is 1.19 bits per heavy atom. The summed E-state index contributed by atoms with van der Waals surface area (Å²) in [6.45, 7) is 4.41. The molecule has 2 aromatic carbocycles. The summed E-state index contributed by atoms with van der Waals surface area (Å²) in [7, 11) is 0. The number of phenols is 2. The summed E-state index contributed by atoms with van der Waals surface area (Å²) in [6, 6.07) is 6.51. The molecule has 2 aromatic rings. The first-order valence-electron chi connectivity index (χ1n) is 11.2. The maximum atomic E-state index is 12.0. The SMILES string of the molecule is CCOc1cc(C=NNC(=O)CCCCC(=O)NN=Cc2cc(Br)c(O)c(OCC)c2)cc(Br)c1O. The lowest BCUT2D eigenvalue weighted by molar-refractivity contribution is -0.123. The van der Waals surface area contributed by atoms with Crippen molar-refractivity contribution in [3.63, 3.8) is 0 Å². The van der Waals surface area contributed by atoms with Crippen molar-refractivity contribution in [1.29, 1.82) is 0 Å². The van der Waals surface area contributed by atoms with E-state index < -0.39 is 0 Å². The minimum absolute atomic E-state index is 0.00287. The third kappa shape index (κ3) is 9.50. The Bertz CT molecular complexity index is 1040. The van der Waals surface area contributed by atoms with Crippen molar-refractivity contribution in [2.45, 2.75) is 39.5 Å². The zero-order chi connectivity index (χ0) is 26.5. The van der Waals surface area contributed by atoms with Crippen molar-refractivity contribution < 1.29 is 29.3 Å². The first kappa shape index (κ1) is 29.1. The maximum absolute atomic E-state index is 12.0. The molecule has 2 rings (SSSR count). The van der Waals surface area contributed by atoms with Crippen LogP contribution in [0.1, 0.15) is 50.7 Å². The van der Waals surface area contributed by atoms with Crippen molar-refractivity contribution in [2.24, 2.45) is 10.2 Å². The van der Waals surface area contributed by atoms with Gasteiger partial charge in [0.25, 0.3) is 0 Å². The number of carbonyl (C=O) groups is 2. The Morgan fingerprint density at radius 3 is 1.56 bits per heavy atom. The second kappa shape index (κ2) is 15.1. The van der Waals surface area contributed by atoms with E-state index in [-0.39, 0.29) is 36.2 Å². The number of hydrogen-bond donors (Lipinski definition) is 4. The minimum atomic E-state index is -0.282. The van der Waals surface area contributed by atoms with E-state index >= 15 is 0 Å². The second-order valence-corrected chi connectivity index (χ2v) is 9.07. The molecule has 10 nitrogen and oxygen atoms in total. The topological polar surface area (TPSA) is 142 Å². The number of amides is 2. The summed E-state index contributed by atoms with van der Waals surface area (Å²) in [5.41, 5.74) is 6.14. The number of hydrogen-bond acceptors (Lipinski definition) is 8. The highest BCUT2D eigenvalue weighted by atomic mass is 79.9. The first-order chi connectivity index (χ1) is 17.2. The smallest absolute Gasteiger partial charge is 0.240 e. The number of ether oxygens (including phenoxy) is 2. The van der Waals surface area contributed by atoms with Gasteiger partial charge in [-0.25, -0.2) is 10.9 Å². The summed E-state index contributed by atoms with van der Waals surface area (Å²) in [6.07, 6.45) is 4.30. The van der Waals surface area contributed by atoms with Gasteiger partial charge in [0.15, 0.2) is 23.0 Å². The fourth-order valence-corrected chi connectivity index (χ4v) is 3.83. The molecule has 0 aliphatic rings.